The number of para-hydroxylation sites is 1. The maximum Gasteiger partial charge on any atom is 0.344 e. The summed E-state index contributed by atoms with van der Waals surface area (Å²) >= 11 is 1.15. The summed E-state index contributed by atoms with van der Waals surface area (Å²) in [6.45, 7) is 2.92. The lowest BCUT2D eigenvalue weighted by molar-refractivity contribution is -0.115. The topological polar surface area (TPSA) is 89.7 Å². The standard InChI is InChI=1S/C20H16FN5O3S/c1-12-17(18-22-8-5-9-25(18)24-12)19(28)29-10-14-11-30-20(23-14)26(13(2)27)16-7-4-3-6-15(16)21/h3-9,11H,10H2,1-2H3. The van der Waals surface area contributed by atoms with Gasteiger partial charge in [-0.1, -0.05) is 12.1 Å². The highest BCUT2D eigenvalue weighted by atomic mass is 32.1. The van der Waals surface area contributed by atoms with Crippen LogP contribution in [-0.2, 0) is 16.1 Å². The highest BCUT2D eigenvalue weighted by Crippen LogP contribution is 2.31. The molecule has 30 heavy (non-hydrogen) atoms. The number of benzene rings is 1. The van der Waals surface area contributed by atoms with Crippen molar-refractivity contribution in [2.45, 2.75) is 20.5 Å². The first kappa shape index (κ1) is 19.6. The molecule has 0 bridgehead atoms. The van der Waals surface area contributed by atoms with Crippen molar-refractivity contribution >= 4 is 39.7 Å². The molecule has 0 aliphatic heterocycles. The molecule has 1 aromatic carbocycles. The second-order valence-electron chi connectivity index (χ2n) is 6.35. The van der Waals surface area contributed by atoms with E-state index in [-0.39, 0.29) is 28.9 Å². The average Bonchev–Trinajstić information content (AvgIpc) is 3.31. The lowest BCUT2D eigenvalue weighted by Gasteiger charge is -2.18. The third kappa shape index (κ3) is 3.64. The fourth-order valence-corrected chi connectivity index (χ4v) is 3.82. The van der Waals surface area contributed by atoms with Crippen LogP contribution >= 0.6 is 11.3 Å². The van der Waals surface area contributed by atoms with Gasteiger partial charge in [-0.2, -0.15) is 5.10 Å². The third-order valence-electron chi connectivity index (χ3n) is 4.26. The summed E-state index contributed by atoms with van der Waals surface area (Å²) in [7, 11) is 0. The number of amides is 1. The highest BCUT2D eigenvalue weighted by molar-refractivity contribution is 7.14. The Morgan fingerprint density at radius 1 is 1.27 bits per heavy atom. The van der Waals surface area contributed by atoms with Gasteiger partial charge in [-0.05, 0) is 25.1 Å². The number of thiazole rings is 1. The largest absolute Gasteiger partial charge is 0.455 e. The SMILES string of the molecule is CC(=O)N(c1nc(COC(=O)c2c(C)nn3cccnc23)cs1)c1ccccc1F. The van der Waals surface area contributed by atoms with Gasteiger partial charge in [-0.15, -0.1) is 11.3 Å². The number of nitrogens with zero attached hydrogens (tertiary/aromatic N) is 5. The zero-order valence-electron chi connectivity index (χ0n) is 16.1. The van der Waals surface area contributed by atoms with Gasteiger partial charge in [0.2, 0.25) is 5.91 Å². The zero-order chi connectivity index (χ0) is 21.3. The number of anilines is 2. The molecule has 0 aliphatic rings. The molecular formula is C20H16FN5O3S. The van der Waals surface area contributed by atoms with Crippen LogP contribution in [0.5, 0.6) is 0 Å². The van der Waals surface area contributed by atoms with Gasteiger partial charge in [0.1, 0.15) is 18.0 Å². The molecule has 3 aromatic heterocycles. The fourth-order valence-electron chi connectivity index (χ4n) is 2.95. The average molecular weight is 425 g/mol. The number of aryl methyl sites for hydroxylation is 1. The minimum atomic E-state index is -0.576. The summed E-state index contributed by atoms with van der Waals surface area (Å²) < 4.78 is 21.1. The molecule has 10 heteroatoms. The number of halogens is 1. The molecule has 1 amide bonds. The van der Waals surface area contributed by atoms with Crippen molar-refractivity contribution in [2.75, 3.05) is 4.90 Å². The highest BCUT2D eigenvalue weighted by Gasteiger charge is 2.22. The van der Waals surface area contributed by atoms with E-state index in [0.717, 1.165) is 11.3 Å². The Balaban J connectivity index is 1.53. The summed E-state index contributed by atoms with van der Waals surface area (Å²) in [6.07, 6.45) is 3.26. The van der Waals surface area contributed by atoms with Crippen LogP contribution < -0.4 is 4.90 Å². The van der Waals surface area contributed by atoms with E-state index in [9.17, 15) is 14.0 Å². The molecule has 0 aliphatic carbocycles. The minimum absolute atomic E-state index is 0.107. The van der Waals surface area contributed by atoms with Gasteiger partial charge >= 0.3 is 5.97 Å². The van der Waals surface area contributed by atoms with Crippen molar-refractivity contribution in [3.63, 3.8) is 0 Å². The van der Waals surface area contributed by atoms with Crippen molar-refractivity contribution in [3.05, 3.63) is 70.9 Å². The predicted molar refractivity (Wildman–Crippen MR) is 108 cm³/mol. The Morgan fingerprint density at radius 3 is 2.83 bits per heavy atom. The van der Waals surface area contributed by atoms with Gasteiger partial charge in [0, 0.05) is 24.7 Å². The van der Waals surface area contributed by atoms with Crippen LogP contribution in [0.4, 0.5) is 15.2 Å². The van der Waals surface area contributed by atoms with Gasteiger partial charge < -0.3 is 4.74 Å². The molecule has 152 valence electrons. The zero-order valence-corrected chi connectivity index (χ0v) is 16.9. The number of esters is 1. The van der Waals surface area contributed by atoms with E-state index in [2.05, 4.69) is 15.1 Å². The Bertz CT molecular complexity index is 1250. The smallest absolute Gasteiger partial charge is 0.344 e. The van der Waals surface area contributed by atoms with Crippen molar-refractivity contribution in [2.24, 2.45) is 0 Å². The Labute approximate surface area is 174 Å². The predicted octanol–water partition coefficient (Wildman–Crippen LogP) is 3.67. The van der Waals surface area contributed by atoms with Crippen molar-refractivity contribution < 1.29 is 18.7 Å². The van der Waals surface area contributed by atoms with Crippen LogP contribution in [0, 0.1) is 12.7 Å². The van der Waals surface area contributed by atoms with E-state index in [1.165, 1.54) is 28.5 Å². The van der Waals surface area contributed by atoms with Crippen molar-refractivity contribution in [1.82, 2.24) is 19.6 Å². The second-order valence-corrected chi connectivity index (χ2v) is 7.19. The molecule has 0 saturated heterocycles. The number of rotatable bonds is 5. The summed E-state index contributed by atoms with van der Waals surface area (Å²) in [6, 6.07) is 7.66. The van der Waals surface area contributed by atoms with Gasteiger partial charge in [0.15, 0.2) is 10.8 Å². The minimum Gasteiger partial charge on any atom is -0.455 e. The van der Waals surface area contributed by atoms with E-state index < -0.39 is 11.8 Å². The molecule has 0 unspecified atom stereocenters. The number of hydrogen-bond donors (Lipinski definition) is 0. The van der Waals surface area contributed by atoms with Crippen LogP contribution in [0.15, 0.2) is 48.1 Å². The molecule has 8 nitrogen and oxygen atoms in total. The summed E-state index contributed by atoms with van der Waals surface area (Å²) in [5.74, 6) is -1.49. The first-order valence-corrected chi connectivity index (χ1v) is 9.80. The maximum atomic E-state index is 14.2. The lowest BCUT2D eigenvalue weighted by Crippen LogP contribution is -2.23. The molecule has 0 fully saturated rings. The molecule has 0 atom stereocenters. The fraction of sp³-hybridized carbons (Fsp3) is 0.150. The molecule has 3 heterocycles. The van der Waals surface area contributed by atoms with Crippen LogP contribution in [0.2, 0.25) is 0 Å². The summed E-state index contributed by atoms with van der Waals surface area (Å²) in [5, 5.41) is 6.18. The van der Waals surface area contributed by atoms with E-state index in [1.54, 1.807) is 42.9 Å². The first-order valence-electron chi connectivity index (χ1n) is 8.92. The van der Waals surface area contributed by atoms with E-state index in [0.29, 0.717) is 17.0 Å². The monoisotopic (exact) mass is 425 g/mol. The van der Waals surface area contributed by atoms with Crippen LogP contribution in [0.1, 0.15) is 28.7 Å². The molecule has 0 saturated carbocycles. The van der Waals surface area contributed by atoms with Gasteiger partial charge in [0.05, 0.1) is 17.1 Å². The number of ether oxygens (including phenoxy) is 1. The number of carbonyl (C=O) groups excluding carboxylic acids is 2. The van der Waals surface area contributed by atoms with Gasteiger partial charge in [0.25, 0.3) is 0 Å². The third-order valence-corrected chi connectivity index (χ3v) is 5.14. The van der Waals surface area contributed by atoms with E-state index >= 15 is 0 Å². The molecule has 0 spiro atoms. The first-order chi connectivity index (χ1) is 14.5. The normalized spacial score (nSPS) is 10.9. The number of aromatic nitrogens is 4. The molecule has 0 N–H and O–H groups in total. The molecule has 4 aromatic rings. The maximum absolute atomic E-state index is 14.2. The van der Waals surface area contributed by atoms with Gasteiger partial charge in [-0.25, -0.2) is 23.7 Å². The van der Waals surface area contributed by atoms with E-state index in [4.69, 9.17) is 4.74 Å². The summed E-state index contributed by atoms with van der Waals surface area (Å²) in [4.78, 5) is 34.4. The lowest BCUT2D eigenvalue weighted by atomic mass is 10.2. The molecule has 0 radical (unpaired) electrons. The van der Waals surface area contributed by atoms with Crippen LogP contribution in [0.3, 0.4) is 0 Å². The number of carbonyl (C=O) groups is 2. The van der Waals surface area contributed by atoms with Crippen molar-refractivity contribution in [1.29, 1.82) is 0 Å². The quantitative estimate of drug-likeness (QED) is 0.453. The number of fused-ring (bicyclic) bond motifs is 1. The van der Waals surface area contributed by atoms with Crippen LogP contribution in [-0.4, -0.2) is 31.5 Å². The Hall–Kier alpha value is -3.66. The molecule has 4 rings (SSSR count). The Morgan fingerprint density at radius 2 is 2.07 bits per heavy atom. The second kappa shape index (κ2) is 7.99. The summed E-state index contributed by atoms with van der Waals surface area (Å²) in [5.41, 5.74) is 1.73. The van der Waals surface area contributed by atoms with Crippen molar-refractivity contribution in [3.8, 4) is 0 Å². The van der Waals surface area contributed by atoms with E-state index in [1.807, 2.05) is 0 Å². The van der Waals surface area contributed by atoms with Crippen LogP contribution in [0.25, 0.3) is 5.65 Å². The van der Waals surface area contributed by atoms with Gasteiger partial charge in [-0.3, -0.25) is 9.69 Å². The number of hydrogen-bond acceptors (Lipinski definition) is 7. The Kier molecular flexibility index (Phi) is 5.23. The molecular weight excluding hydrogens is 409 g/mol.